The number of hydrogen-bond donors (Lipinski definition) is 2. The summed E-state index contributed by atoms with van der Waals surface area (Å²) in [7, 11) is 1.62. The predicted octanol–water partition coefficient (Wildman–Crippen LogP) is 3.12. The van der Waals surface area contributed by atoms with Gasteiger partial charge in [0.25, 0.3) is 0 Å². The molecule has 2 aromatic rings. The topological polar surface area (TPSA) is 63.1 Å². The van der Waals surface area contributed by atoms with E-state index in [1.165, 1.54) is 10.6 Å². The predicted molar refractivity (Wildman–Crippen MR) is 86.7 cm³/mol. The summed E-state index contributed by atoms with van der Waals surface area (Å²) >= 11 is 9.39. The van der Waals surface area contributed by atoms with Gasteiger partial charge < -0.3 is 15.2 Å². The van der Waals surface area contributed by atoms with Crippen molar-refractivity contribution in [2.75, 3.05) is 5.32 Å². The average molecular weight is 371 g/mol. The number of halogens is 2. The molecular formula is C14H13BrClN3O2. The highest BCUT2D eigenvalue weighted by molar-refractivity contribution is 9.10. The molecule has 2 N–H and O–H groups in total. The number of aromatic nitrogens is 1. The summed E-state index contributed by atoms with van der Waals surface area (Å²) in [5, 5.41) is 5.93. The molecule has 7 heteroatoms. The third kappa shape index (κ3) is 4.34. The average Bonchev–Trinajstić information content (AvgIpc) is 2.42. The van der Waals surface area contributed by atoms with E-state index in [4.69, 9.17) is 11.6 Å². The van der Waals surface area contributed by atoms with Crippen LogP contribution < -0.4 is 16.2 Å². The molecule has 0 radical (unpaired) electrons. The highest BCUT2D eigenvalue weighted by Gasteiger charge is 2.05. The Morgan fingerprint density at radius 1 is 1.33 bits per heavy atom. The van der Waals surface area contributed by atoms with Gasteiger partial charge in [-0.1, -0.05) is 33.6 Å². The van der Waals surface area contributed by atoms with E-state index in [1.807, 2.05) is 12.1 Å². The summed E-state index contributed by atoms with van der Waals surface area (Å²) in [6.45, 7) is 0.309. The first kappa shape index (κ1) is 15.6. The number of amides is 2. The van der Waals surface area contributed by atoms with Crippen LogP contribution in [0.5, 0.6) is 0 Å². The van der Waals surface area contributed by atoms with Crippen molar-refractivity contribution in [3.8, 4) is 0 Å². The molecule has 1 heterocycles. The molecule has 110 valence electrons. The SMILES string of the molecule is Cn1cc(NC(=O)NCc2ccc(Br)cc2Cl)ccc1=O. The van der Waals surface area contributed by atoms with Crippen molar-refractivity contribution in [3.63, 3.8) is 0 Å². The number of carbonyl (C=O) groups is 1. The molecule has 0 saturated heterocycles. The van der Waals surface area contributed by atoms with Crippen molar-refractivity contribution in [2.24, 2.45) is 7.05 Å². The van der Waals surface area contributed by atoms with E-state index in [-0.39, 0.29) is 11.6 Å². The fraction of sp³-hybridized carbons (Fsp3) is 0.143. The minimum absolute atomic E-state index is 0.136. The zero-order valence-corrected chi connectivity index (χ0v) is 13.5. The molecule has 1 aromatic carbocycles. The lowest BCUT2D eigenvalue weighted by Gasteiger charge is -2.09. The fourth-order valence-corrected chi connectivity index (χ4v) is 2.42. The van der Waals surface area contributed by atoms with E-state index in [9.17, 15) is 9.59 Å². The van der Waals surface area contributed by atoms with Gasteiger partial charge in [-0.05, 0) is 23.8 Å². The molecule has 0 atom stereocenters. The molecule has 5 nitrogen and oxygen atoms in total. The molecule has 1 aromatic heterocycles. The van der Waals surface area contributed by atoms with Crippen LogP contribution >= 0.6 is 27.5 Å². The minimum Gasteiger partial charge on any atom is -0.334 e. The lowest BCUT2D eigenvalue weighted by Crippen LogP contribution is -2.29. The maximum Gasteiger partial charge on any atom is 0.319 e. The van der Waals surface area contributed by atoms with Crippen LogP contribution in [-0.2, 0) is 13.6 Å². The number of anilines is 1. The normalized spacial score (nSPS) is 10.2. The highest BCUT2D eigenvalue weighted by atomic mass is 79.9. The van der Waals surface area contributed by atoms with Crippen molar-refractivity contribution in [3.05, 3.63) is 61.9 Å². The van der Waals surface area contributed by atoms with Crippen LogP contribution in [0.3, 0.4) is 0 Å². The Morgan fingerprint density at radius 3 is 2.76 bits per heavy atom. The molecule has 0 fully saturated rings. The number of nitrogens with one attached hydrogen (secondary N) is 2. The summed E-state index contributed by atoms with van der Waals surface area (Å²) in [6.07, 6.45) is 1.55. The van der Waals surface area contributed by atoms with Gasteiger partial charge in [0.2, 0.25) is 5.56 Å². The van der Waals surface area contributed by atoms with E-state index >= 15 is 0 Å². The van der Waals surface area contributed by atoms with Crippen LogP contribution in [0.15, 0.2) is 45.8 Å². The van der Waals surface area contributed by atoms with E-state index in [2.05, 4.69) is 26.6 Å². The summed E-state index contributed by atoms with van der Waals surface area (Å²) in [5.41, 5.74) is 1.22. The fourth-order valence-electron chi connectivity index (χ4n) is 1.68. The molecule has 0 unspecified atom stereocenters. The molecule has 21 heavy (non-hydrogen) atoms. The van der Waals surface area contributed by atoms with Gasteiger partial charge in [-0.2, -0.15) is 0 Å². The summed E-state index contributed by atoms with van der Waals surface area (Å²) in [5.74, 6) is 0. The van der Waals surface area contributed by atoms with Crippen molar-refractivity contribution in [1.29, 1.82) is 0 Å². The minimum atomic E-state index is -0.368. The molecule has 0 aliphatic rings. The van der Waals surface area contributed by atoms with E-state index < -0.39 is 0 Å². The molecule has 2 rings (SSSR count). The number of nitrogens with zero attached hydrogens (tertiary/aromatic N) is 1. The number of hydrogen-bond acceptors (Lipinski definition) is 2. The van der Waals surface area contributed by atoms with Crippen LogP contribution in [0.25, 0.3) is 0 Å². The number of carbonyl (C=O) groups excluding carboxylic acids is 1. The van der Waals surface area contributed by atoms with E-state index in [0.29, 0.717) is 17.3 Å². The molecule has 0 spiro atoms. The van der Waals surface area contributed by atoms with Crippen molar-refractivity contribution < 1.29 is 4.79 Å². The number of rotatable bonds is 3. The molecule has 0 bridgehead atoms. The lowest BCUT2D eigenvalue weighted by molar-refractivity contribution is 0.251. The third-order valence-electron chi connectivity index (χ3n) is 2.80. The van der Waals surface area contributed by atoms with Crippen LogP contribution in [0.4, 0.5) is 10.5 Å². The van der Waals surface area contributed by atoms with Gasteiger partial charge in [-0.15, -0.1) is 0 Å². The lowest BCUT2D eigenvalue weighted by atomic mass is 10.2. The van der Waals surface area contributed by atoms with Crippen LogP contribution in [0.1, 0.15) is 5.56 Å². The Morgan fingerprint density at radius 2 is 2.10 bits per heavy atom. The maximum absolute atomic E-state index is 11.8. The second kappa shape index (κ2) is 6.78. The van der Waals surface area contributed by atoms with Gasteiger partial charge in [0, 0.05) is 35.4 Å². The van der Waals surface area contributed by atoms with Gasteiger partial charge in [-0.3, -0.25) is 4.79 Å². The van der Waals surface area contributed by atoms with Crippen LogP contribution in [0, 0.1) is 0 Å². The summed E-state index contributed by atoms with van der Waals surface area (Å²) in [4.78, 5) is 23.0. The number of urea groups is 1. The summed E-state index contributed by atoms with van der Waals surface area (Å²) < 4.78 is 2.27. The maximum atomic E-state index is 11.8. The molecule has 2 amide bonds. The van der Waals surface area contributed by atoms with Gasteiger partial charge in [0.05, 0.1) is 5.69 Å². The Kier molecular flexibility index (Phi) is 5.03. The molecule has 0 aliphatic carbocycles. The van der Waals surface area contributed by atoms with Gasteiger partial charge >= 0.3 is 6.03 Å². The second-order valence-corrected chi connectivity index (χ2v) is 5.73. The molecule has 0 aliphatic heterocycles. The Bertz CT molecular complexity index is 730. The first-order valence-corrected chi connectivity index (χ1v) is 7.28. The van der Waals surface area contributed by atoms with Crippen molar-refractivity contribution in [2.45, 2.75) is 6.54 Å². The molecule has 0 saturated carbocycles. The first-order chi connectivity index (χ1) is 9.95. The van der Waals surface area contributed by atoms with Gasteiger partial charge in [-0.25, -0.2) is 4.79 Å². The number of benzene rings is 1. The number of aryl methyl sites for hydroxylation is 1. The van der Waals surface area contributed by atoms with Crippen molar-refractivity contribution in [1.82, 2.24) is 9.88 Å². The molecular weight excluding hydrogens is 358 g/mol. The van der Waals surface area contributed by atoms with Gasteiger partial charge in [0.1, 0.15) is 0 Å². The third-order valence-corrected chi connectivity index (χ3v) is 3.64. The quantitative estimate of drug-likeness (QED) is 0.872. The second-order valence-electron chi connectivity index (χ2n) is 4.41. The van der Waals surface area contributed by atoms with Crippen LogP contribution in [0.2, 0.25) is 5.02 Å². The Labute approximate surface area is 135 Å². The monoisotopic (exact) mass is 369 g/mol. The Balaban J connectivity index is 1.95. The van der Waals surface area contributed by atoms with E-state index in [0.717, 1.165) is 10.0 Å². The smallest absolute Gasteiger partial charge is 0.319 e. The zero-order chi connectivity index (χ0) is 15.4. The van der Waals surface area contributed by atoms with Crippen molar-refractivity contribution >= 4 is 39.2 Å². The number of pyridine rings is 1. The standard InChI is InChI=1S/C14H13BrClN3O2/c1-19-8-11(4-5-13(19)20)18-14(21)17-7-9-2-3-10(15)6-12(9)16/h2-6,8H,7H2,1H3,(H2,17,18,21). The van der Waals surface area contributed by atoms with Crippen LogP contribution in [-0.4, -0.2) is 10.6 Å². The highest BCUT2D eigenvalue weighted by Crippen LogP contribution is 2.21. The summed E-state index contributed by atoms with van der Waals surface area (Å²) in [6, 6.07) is 8.03. The van der Waals surface area contributed by atoms with E-state index in [1.54, 1.807) is 25.4 Å². The first-order valence-electron chi connectivity index (χ1n) is 6.11. The largest absolute Gasteiger partial charge is 0.334 e. The Hall–Kier alpha value is -1.79. The zero-order valence-electron chi connectivity index (χ0n) is 11.2. The van der Waals surface area contributed by atoms with Gasteiger partial charge in [0.15, 0.2) is 0 Å².